The highest BCUT2D eigenvalue weighted by atomic mass is 32.2. The maximum atomic E-state index is 12.7. The van der Waals surface area contributed by atoms with Gasteiger partial charge in [-0.3, -0.25) is 4.79 Å². The molecule has 25 heavy (non-hydrogen) atoms. The number of ether oxygens (including phenoxy) is 1. The van der Waals surface area contributed by atoms with Gasteiger partial charge in [-0.2, -0.15) is 13.2 Å². The summed E-state index contributed by atoms with van der Waals surface area (Å²) in [6.45, 7) is 0.263. The second kappa shape index (κ2) is 7.30. The van der Waals surface area contributed by atoms with E-state index in [1.807, 2.05) is 0 Å². The molecule has 10 heteroatoms. The Bertz CT molecular complexity index is 735. The molecule has 0 unspecified atom stereocenters. The number of rotatable bonds is 5. The van der Waals surface area contributed by atoms with Crippen molar-refractivity contribution in [3.8, 4) is 0 Å². The van der Waals surface area contributed by atoms with Crippen LogP contribution in [-0.4, -0.2) is 57.7 Å². The number of amides is 1. The number of hydrogen-bond donors (Lipinski definition) is 1. The molecular formula is C15H19F3N2O4S. The van der Waals surface area contributed by atoms with Crippen LogP contribution in [0.1, 0.15) is 15.9 Å². The lowest BCUT2D eigenvalue weighted by atomic mass is 10.0. The molecule has 1 fully saturated rings. The molecule has 0 aromatic heterocycles. The lowest BCUT2D eigenvalue weighted by Crippen LogP contribution is -2.43. The third-order valence-corrected chi connectivity index (χ3v) is 5.91. The quantitative estimate of drug-likeness (QED) is 0.837. The first-order chi connectivity index (χ1) is 11.5. The van der Waals surface area contributed by atoms with Gasteiger partial charge >= 0.3 is 6.18 Å². The smallest absolute Gasteiger partial charge is 0.379 e. The summed E-state index contributed by atoms with van der Waals surface area (Å²) in [7, 11) is -0.680. The van der Waals surface area contributed by atoms with Crippen molar-refractivity contribution in [3.05, 3.63) is 35.4 Å². The zero-order chi connectivity index (χ0) is 18.8. The van der Waals surface area contributed by atoms with E-state index in [2.05, 4.69) is 5.32 Å². The number of nitrogens with zero attached hydrogens (tertiary/aromatic N) is 1. The number of sulfonamides is 1. The van der Waals surface area contributed by atoms with Gasteiger partial charge in [-0.25, -0.2) is 12.7 Å². The third-order valence-electron chi connectivity index (χ3n) is 3.95. The van der Waals surface area contributed by atoms with Gasteiger partial charge in [0.1, 0.15) is 0 Å². The first-order valence-corrected chi connectivity index (χ1v) is 9.07. The van der Waals surface area contributed by atoms with Crippen LogP contribution in [0.3, 0.4) is 0 Å². The van der Waals surface area contributed by atoms with E-state index >= 15 is 0 Å². The first-order valence-electron chi connectivity index (χ1n) is 7.47. The highest BCUT2D eigenvalue weighted by molar-refractivity contribution is 7.89. The standard InChI is InChI=1S/C15H19F3N2O4S/c1-20(2)25(22,23)9-11-7-24-8-13(11)19-14(21)10-4-3-5-12(6-10)15(16,17)18/h3-6,11,13H,7-9H2,1-2H3,(H,19,21)/t11-,13-/m0/s1. The monoisotopic (exact) mass is 380 g/mol. The molecule has 1 saturated heterocycles. The van der Waals surface area contributed by atoms with Crippen LogP contribution in [0, 0.1) is 5.92 Å². The van der Waals surface area contributed by atoms with Crippen LogP contribution in [0.2, 0.25) is 0 Å². The van der Waals surface area contributed by atoms with Gasteiger partial charge in [-0.05, 0) is 18.2 Å². The molecular weight excluding hydrogens is 361 g/mol. The average molecular weight is 380 g/mol. The first kappa shape index (κ1) is 19.7. The van der Waals surface area contributed by atoms with Crippen LogP contribution in [0.25, 0.3) is 0 Å². The Morgan fingerprint density at radius 2 is 2.00 bits per heavy atom. The molecule has 1 aromatic rings. The fourth-order valence-corrected chi connectivity index (χ4v) is 3.60. The van der Waals surface area contributed by atoms with E-state index < -0.39 is 39.6 Å². The Labute approximate surface area is 144 Å². The summed E-state index contributed by atoms with van der Waals surface area (Å²) in [5, 5.41) is 2.57. The lowest BCUT2D eigenvalue weighted by molar-refractivity contribution is -0.137. The average Bonchev–Trinajstić information content (AvgIpc) is 2.92. The minimum absolute atomic E-state index is 0.109. The molecule has 1 aliphatic rings. The summed E-state index contributed by atoms with van der Waals surface area (Å²) in [5.74, 6) is -1.39. The Balaban J connectivity index is 2.09. The van der Waals surface area contributed by atoms with Gasteiger partial charge in [0, 0.05) is 25.6 Å². The summed E-state index contributed by atoms with van der Waals surface area (Å²) in [6, 6.07) is 3.47. The number of carbonyl (C=O) groups is 1. The van der Waals surface area contributed by atoms with E-state index in [0.717, 1.165) is 22.5 Å². The fraction of sp³-hybridized carbons (Fsp3) is 0.533. The van der Waals surface area contributed by atoms with E-state index in [1.54, 1.807) is 0 Å². The van der Waals surface area contributed by atoms with E-state index in [9.17, 15) is 26.4 Å². The van der Waals surface area contributed by atoms with Gasteiger partial charge in [0.15, 0.2) is 0 Å². The summed E-state index contributed by atoms with van der Waals surface area (Å²) in [6.07, 6.45) is -4.55. The highest BCUT2D eigenvalue weighted by Crippen LogP contribution is 2.29. The maximum absolute atomic E-state index is 12.7. The summed E-state index contributed by atoms with van der Waals surface area (Å²) in [4.78, 5) is 12.2. The van der Waals surface area contributed by atoms with Gasteiger partial charge in [0.25, 0.3) is 5.91 Å². The number of hydrogen-bond acceptors (Lipinski definition) is 4. The van der Waals surface area contributed by atoms with Crippen molar-refractivity contribution in [2.45, 2.75) is 12.2 Å². The largest absolute Gasteiger partial charge is 0.416 e. The number of alkyl halides is 3. The number of benzene rings is 1. The normalized spacial score (nSPS) is 21.5. The predicted molar refractivity (Wildman–Crippen MR) is 84.5 cm³/mol. The van der Waals surface area contributed by atoms with Crippen LogP contribution in [0.5, 0.6) is 0 Å². The van der Waals surface area contributed by atoms with Crippen LogP contribution in [0.4, 0.5) is 13.2 Å². The summed E-state index contributed by atoms with van der Waals surface area (Å²) < 4.78 is 68.5. The summed E-state index contributed by atoms with van der Waals surface area (Å²) >= 11 is 0. The van der Waals surface area contributed by atoms with Gasteiger partial charge in [-0.1, -0.05) is 6.07 Å². The van der Waals surface area contributed by atoms with Crippen LogP contribution in [0.15, 0.2) is 24.3 Å². The predicted octanol–water partition coefficient (Wildman–Crippen LogP) is 1.34. The third kappa shape index (κ3) is 4.93. The number of nitrogens with one attached hydrogen (secondary N) is 1. The molecule has 1 aromatic carbocycles. The van der Waals surface area contributed by atoms with Gasteiger partial charge in [0.05, 0.1) is 30.6 Å². The Kier molecular flexibility index (Phi) is 5.75. The topological polar surface area (TPSA) is 75.7 Å². The van der Waals surface area contributed by atoms with Crippen LogP contribution < -0.4 is 5.32 Å². The van der Waals surface area contributed by atoms with Gasteiger partial charge in [-0.15, -0.1) is 0 Å². The van der Waals surface area contributed by atoms with Crippen LogP contribution in [-0.2, 0) is 20.9 Å². The van der Waals surface area contributed by atoms with Crippen molar-refractivity contribution in [2.75, 3.05) is 33.1 Å². The van der Waals surface area contributed by atoms with E-state index in [1.165, 1.54) is 20.2 Å². The molecule has 2 atom stereocenters. The van der Waals surface area contributed by atoms with E-state index in [0.29, 0.717) is 0 Å². The second-order valence-electron chi connectivity index (χ2n) is 6.02. The minimum atomic E-state index is -4.55. The van der Waals surface area contributed by atoms with Crippen molar-refractivity contribution >= 4 is 15.9 Å². The van der Waals surface area contributed by atoms with E-state index in [-0.39, 0.29) is 24.5 Å². The molecule has 0 aliphatic carbocycles. The Morgan fingerprint density at radius 1 is 1.32 bits per heavy atom. The molecule has 0 radical (unpaired) electrons. The molecule has 0 saturated carbocycles. The van der Waals surface area contributed by atoms with Crippen molar-refractivity contribution in [1.82, 2.24) is 9.62 Å². The van der Waals surface area contributed by atoms with Gasteiger partial charge in [0.2, 0.25) is 10.0 Å². The molecule has 1 N–H and O–H groups in total. The molecule has 1 heterocycles. The molecule has 140 valence electrons. The Morgan fingerprint density at radius 3 is 2.60 bits per heavy atom. The molecule has 1 aliphatic heterocycles. The number of carbonyl (C=O) groups excluding carboxylic acids is 1. The number of halogens is 3. The summed E-state index contributed by atoms with van der Waals surface area (Å²) in [5.41, 5.74) is -1.06. The molecule has 6 nitrogen and oxygen atoms in total. The molecule has 0 bridgehead atoms. The Hall–Kier alpha value is -1.65. The van der Waals surface area contributed by atoms with Crippen molar-refractivity contribution in [1.29, 1.82) is 0 Å². The van der Waals surface area contributed by atoms with Crippen molar-refractivity contribution in [3.63, 3.8) is 0 Å². The SMILES string of the molecule is CN(C)S(=O)(=O)C[C@@H]1COC[C@@H]1NC(=O)c1cccc(C(F)(F)F)c1. The zero-order valence-electron chi connectivity index (χ0n) is 13.7. The van der Waals surface area contributed by atoms with E-state index in [4.69, 9.17) is 4.74 Å². The van der Waals surface area contributed by atoms with Crippen LogP contribution >= 0.6 is 0 Å². The van der Waals surface area contributed by atoms with Crippen molar-refractivity contribution < 1.29 is 31.1 Å². The molecule has 1 amide bonds. The second-order valence-corrected chi connectivity index (χ2v) is 8.24. The maximum Gasteiger partial charge on any atom is 0.416 e. The highest BCUT2D eigenvalue weighted by Gasteiger charge is 2.35. The minimum Gasteiger partial charge on any atom is -0.379 e. The zero-order valence-corrected chi connectivity index (χ0v) is 14.5. The molecule has 2 rings (SSSR count). The fourth-order valence-electron chi connectivity index (χ4n) is 2.43. The van der Waals surface area contributed by atoms with Crippen molar-refractivity contribution in [2.24, 2.45) is 5.92 Å². The molecule has 0 spiro atoms. The lowest BCUT2D eigenvalue weighted by Gasteiger charge is -2.21. The van der Waals surface area contributed by atoms with Gasteiger partial charge < -0.3 is 10.1 Å².